The number of carbonyl (C=O) groups excluding carboxylic acids is 1. The first kappa shape index (κ1) is 14.9. The van der Waals surface area contributed by atoms with Crippen molar-refractivity contribution in [2.45, 2.75) is 12.5 Å². The third-order valence-electron chi connectivity index (χ3n) is 1.89. The Morgan fingerprint density at radius 1 is 1.56 bits per heavy atom. The Labute approximate surface area is 96.2 Å². The number of carbonyl (C=O) groups is 1. The second kappa shape index (κ2) is 6.48. The summed E-state index contributed by atoms with van der Waals surface area (Å²) < 4.78 is 23.7. The van der Waals surface area contributed by atoms with E-state index in [2.05, 4.69) is 11.2 Å². The molecule has 0 bridgehead atoms. The smallest absolute Gasteiger partial charge is 0.237 e. The number of terminal acetylenes is 1. The summed E-state index contributed by atoms with van der Waals surface area (Å²) in [5, 5.41) is 2.41. The number of nitrogens with zero attached hydrogens (tertiary/aromatic N) is 1. The molecule has 3 N–H and O–H groups in total. The summed E-state index contributed by atoms with van der Waals surface area (Å²) in [6, 6.07) is -0.785. The van der Waals surface area contributed by atoms with Crippen LogP contribution in [-0.4, -0.2) is 51.1 Å². The van der Waals surface area contributed by atoms with Crippen molar-refractivity contribution in [1.29, 1.82) is 0 Å². The second-order valence-corrected chi connectivity index (χ2v) is 5.71. The molecule has 1 unspecified atom stereocenters. The largest absolute Gasteiger partial charge is 0.354 e. The number of hydrogen-bond donors (Lipinski definition) is 2. The highest BCUT2D eigenvalue weighted by molar-refractivity contribution is 7.89. The van der Waals surface area contributed by atoms with E-state index >= 15 is 0 Å². The van der Waals surface area contributed by atoms with Crippen molar-refractivity contribution in [1.82, 2.24) is 9.62 Å². The molecule has 0 aromatic carbocycles. The molecule has 6 nitrogen and oxygen atoms in total. The van der Waals surface area contributed by atoms with Crippen LogP contribution in [-0.2, 0) is 14.8 Å². The lowest BCUT2D eigenvalue weighted by Crippen LogP contribution is -2.42. The van der Waals surface area contributed by atoms with Crippen LogP contribution in [0.2, 0.25) is 0 Å². The van der Waals surface area contributed by atoms with Crippen LogP contribution in [0.3, 0.4) is 0 Å². The fourth-order valence-corrected chi connectivity index (χ4v) is 1.56. The van der Waals surface area contributed by atoms with Gasteiger partial charge in [0.1, 0.15) is 0 Å². The van der Waals surface area contributed by atoms with Gasteiger partial charge >= 0.3 is 0 Å². The Hall–Kier alpha value is -1.10. The summed E-state index contributed by atoms with van der Waals surface area (Å²) >= 11 is 0. The van der Waals surface area contributed by atoms with Gasteiger partial charge in [0.2, 0.25) is 15.9 Å². The second-order valence-electron chi connectivity index (χ2n) is 3.40. The number of hydrogen-bond acceptors (Lipinski definition) is 4. The van der Waals surface area contributed by atoms with Crippen molar-refractivity contribution in [2.24, 2.45) is 5.73 Å². The molecular weight excluding hydrogens is 230 g/mol. The molecule has 0 saturated carbocycles. The normalized spacial score (nSPS) is 13.2. The van der Waals surface area contributed by atoms with E-state index in [4.69, 9.17) is 12.2 Å². The zero-order chi connectivity index (χ0) is 12.8. The monoisotopic (exact) mass is 247 g/mol. The van der Waals surface area contributed by atoms with Crippen molar-refractivity contribution in [2.75, 3.05) is 26.4 Å². The lowest BCUT2D eigenvalue weighted by molar-refractivity contribution is -0.122. The third kappa shape index (κ3) is 5.11. The van der Waals surface area contributed by atoms with E-state index < -0.39 is 22.0 Å². The van der Waals surface area contributed by atoms with E-state index in [-0.39, 0.29) is 18.7 Å². The number of amides is 1. The molecule has 0 aromatic heterocycles. The summed E-state index contributed by atoms with van der Waals surface area (Å²) in [6.45, 7) is 0.0254. The molecular formula is C9H17N3O3S. The van der Waals surface area contributed by atoms with Crippen LogP contribution < -0.4 is 11.1 Å². The van der Waals surface area contributed by atoms with Gasteiger partial charge in [-0.1, -0.05) is 0 Å². The molecule has 0 aliphatic rings. The molecule has 0 rings (SSSR count). The third-order valence-corrected chi connectivity index (χ3v) is 3.72. The van der Waals surface area contributed by atoms with Gasteiger partial charge in [0.15, 0.2) is 0 Å². The van der Waals surface area contributed by atoms with Gasteiger partial charge in [-0.05, 0) is 0 Å². The van der Waals surface area contributed by atoms with Gasteiger partial charge in [-0.25, -0.2) is 12.7 Å². The maximum Gasteiger partial charge on any atom is 0.237 e. The minimum Gasteiger partial charge on any atom is -0.354 e. The average molecular weight is 247 g/mol. The standard InChI is InChI=1S/C9H17N3O3S/c1-4-5-8(10)9(13)11-6-7-16(14,15)12(2)3/h1,8H,5-7,10H2,2-3H3,(H,11,13). The van der Waals surface area contributed by atoms with Gasteiger partial charge in [-0.2, -0.15) is 0 Å². The molecule has 0 radical (unpaired) electrons. The SMILES string of the molecule is C#CCC(N)C(=O)NCCS(=O)(=O)N(C)C. The maximum atomic E-state index is 11.3. The summed E-state index contributed by atoms with van der Waals surface area (Å²) in [7, 11) is -0.431. The zero-order valence-corrected chi connectivity index (χ0v) is 10.3. The van der Waals surface area contributed by atoms with E-state index in [0.29, 0.717) is 0 Å². The van der Waals surface area contributed by atoms with Gasteiger partial charge in [-0.15, -0.1) is 12.3 Å². The number of nitrogens with one attached hydrogen (secondary N) is 1. The number of rotatable bonds is 6. The molecule has 0 aliphatic carbocycles. The summed E-state index contributed by atoms with van der Waals surface area (Å²) in [6.07, 6.45) is 5.12. The Morgan fingerprint density at radius 3 is 2.56 bits per heavy atom. The van der Waals surface area contributed by atoms with Crippen molar-refractivity contribution < 1.29 is 13.2 Å². The van der Waals surface area contributed by atoms with Crippen molar-refractivity contribution >= 4 is 15.9 Å². The van der Waals surface area contributed by atoms with Crippen molar-refractivity contribution in [3.63, 3.8) is 0 Å². The van der Waals surface area contributed by atoms with E-state index in [1.54, 1.807) is 0 Å². The lowest BCUT2D eigenvalue weighted by atomic mass is 10.2. The fourth-order valence-electron chi connectivity index (χ4n) is 0.837. The molecule has 16 heavy (non-hydrogen) atoms. The molecule has 0 fully saturated rings. The molecule has 0 spiro atoms. The highest BCUT2D eigenvalue weighted by Gasteiger charge is 2.15. The summed E-state index contributed by atoms with van der Waals surface area (Å²) in [5.41, 5.74) is 5.42. The first-order valence-corrected chi connectivity index (χ1v) is 6.29. The van der Waals surface area contributed by atoms with Gasteiger partial charge < -0.3 is 11.1 Å². The van der Waals surface area contributed by atoms with Crippen LogP contribution >= 0.6 is 0 Å². The maximum absolute atomic E-state index is 11.3. The fraction of sp³-hybridized carbons (Fsp3) is 0.667. The Kier molecular flexibility index (Phi) is 6.03. The lowest BCUT2D eigenvalue weighted by Gasteiger charge is -2.13. The summed E-state index contributed by atoms with van der Waals surface area (Å²) in [4.78, 5) is 11.2. The molecule has 0 aromatic rings. The molecule has 0 heterocycles. The highest BCUT2D eigenvalue weighted by atomic mass is 32.2. The number of nitrogens with two attached hydrogens (primary N) is 1. The first-order chi connectivity index (χ1) is 7.31. The molecule has 0 saturated heterocycles. The number of sulfonamides is 1. The summed E-state index contributed by atoms with van der Waals surface area (Å²) in [5.74, 6) is 1.66. The average Bonchev–Trinajstić information content (AvgIpc) is 2.17. The Morgan fingerprint density at radius 2 is 2.12 bits per heavy atom. The molecule has 0 aliphatic heterocycles. The molecule has 7 heteroatoms. The van der Waals surface area contributed by atoms with Crippen molar-refractivity contribution in [3.05, 3.63) is 0 Å². The quantitative estimate of drug-likeness (QED) is 0.550. The van der Waals surface area contributed by atoms with Gasteiger partial charge in [0.05, 0.1) is 11.8 Å². The van der Waals surface area contributed by atoms with Crippen LogP contribution in [0.25, 0.3) is 0 Å². The van der Waals surface area contributed by atoms with Crippen LogP contribution in [0.1, 0.15) is 6.42 Å². The first-order valence-electron chi connectivity index (χ1n) is 4.68. The van der Waals surface area contributed by atoms with E-state index in [1.807, 2.05) is 0 Å². The molecule has 92 valence electrons. The Balaban J connectivity index is 4.02. The predicted octanol–water partition coefficient (Wildman–Crippen LogP) is -1.66. The zero-order valence-electron chi connectivity index (χ0n) is 9.43. The minimum atomic E-state index is -3.29. The topological polar surface area (TPSA) is 92.5 Å². The Bertz CT molecular complexity index is 370. The van der Waals surface area contributed by atoms with Crippen LogP contribution in [0.4, 0.5) is 0 Å². The van der Waals surface area contributed by atoms with Crippen LogP contribution in [0, 0.1) is 12.3 Å². The minimum absolute atomic E-state index is 0.0254. The predicted molar refractivity (Wildman–Crippen MR) is 61.9 cm³/mol. The molecule has 1 amide bonds. The highest BCUT2D eigenvalue weighted by Crippen LogP contribution is 1.92. The van der Waals surface area contributed by atoms with Gasteiger partial charge in [0, 0.05) is 27.1 Å². The van der Waals surface area contributed by atoms with E-state index in [0.717, 1.165) is 4.31 Å². The molecule has 1 atom stereocenters. The van der Waals surface area contributed by atoms with E-state index in [1.165, 1.54) is 14.1 Å². The van der Waals surface area contributed by atoms with Gasteiger partial charge in [-0.3, -0.25) is 4.79 Å². The van der Waals surface area contributed by atoms with Gasteiger partial charge in [0.25, 0.3) is 0 Å². The van der Waals surface area contributed by atoms with Crippen LogP contribution in [0.5, 0.6) is 0 Å². The van der Waals surface area contributed by atoms with E-state index in [9.17, 15) is 13.2 Å². The van der Waals surface area contributed by atoms with Crippen LogP contribution in [0.15, 0.2) is 0 Å². The van der Waals surface area contributed by atoms with Crippen molar-refractivity contribution in [3.8, 4) is 12.3 Å².